The Balaban J connectivity index is 2.73. The van der Waals surface area contributed by atoms with Gasteiger partial charge in [0.2, 0.25) is 0 Å². The molecule has 1 aromatic rings. The Kier molecular flexibility index (Phi) is 7.09. The highest BCUT2D eigenvalue weighted by molar-refractivity contribution is 5.47. The number of nitrogens with zero attached hydrogens (tertiary/aromatic N) is 2. The van der Waals surface area contributed by atoms with Gasteiger partial charge in [-0.1, -0.05) is 0 Å². The number of nitrogens with one attached hydrogen (secondary N) is 2. The lowest BCUT2D eigenvalue weighted by Gasteiger charge is -2.12. The molecule has 0 saturated carbocycles. The number of aliphatic hydroxyl groups excluding tert-OH is 2. The molecule has 1 unspecified atom stereocenters. The molecule has 0 aromatic carbocycles. The van der Waals surface area contributed by atoms with E-state index in [1.165, 1.54) is 0 Å². The highest BCUT2D eigenvalue weighted by atomic mass is 16.5. The van der Waals surface area contributed by atoms with Crippen molar-refractivity contribution < 1.29 is 14.9 Å². The van der Waals surface area contributed by atoms with Crippen molar-refractivity contribution in [3.05, 3.63) is 11.9 Å². The number of aliphatic hydroxyl groups is 2. The predicted octanol–water partition coefficient (Wildman–Crippen LogP) is 0.210. The van der Waals surface area contributed by atoms with E-state index in [1.54, 1.807) is 6.07 Å². The van der Waals surface area contributed by atoms with Crippen molar-refractivity contribution in [2.24, 2.45) is 0 Å². The van der Waals surface area contributed by atoms with Gasteiger partial charge in [-0.25, -0.2) is 9.97 Å². The summed E-state index contributed by atoms with van der Waals surface area (Å²) in [7, 11) is 0. The van der Waals surface area contributed by atoms with Crippen molar-refractivity contribution >= 4 is 11.6 Å². The van der Waals surface area contributed by atoms with E-state index in [0.717, 1.165) is 6.54 Å². The Morgan fingerprint density at radius 2 is 1.95 bits per heavy atom. The Morgan fingerprint density at radius 3 is 2.53 bits per heavy atom. The molecule has 7 heteroatoms. The second-order valence-electron chi connectivity index (χ2n) is 3.94. The number of anilines is 2. The third-order valence-electron chi connectivity index (χ3n) is 2.30. The summed E-state index contributed by atoms with van der Waals surface area (Å²) in [5, 5.41) is 24.1. The van der Waals surface area contributed by atoms with Crippen LogP contribution in [0.5, 0.6) is 0 Å². The average molecular weight is 270 g/mol. The van der Waals surface area contributed by atoms with E-state index >= 15 is 0 Å². The van der Waals surface area contributed by atoms with E-state index in [9.17, 15) is 5.11 Å². The van der Waals surface area contributed by atoms with Crippen LogP contribution < -0.4 is 10.6 Å². The molecule has 4 N–H and O–H groups in total. The summed E-state index contributed by atoms with van der Waals surface area (Å²) in [5.41, 5.74) is 0. The Labute approximate surface area is 113 Å². The van der Waals surface area contributed by atoms with Gasteiger partial charge < -0.3 is 25.6 Å². The summed E-state index contributed by atoms with van der Waals surface area (Å²) in [5.74, 6) is 1.86. The van der Waals surface area contributed by atoms with Crippen molar-refractivity contribution in [2.75, 3.05) is 36.9 Å². The van der Waals surface area contributed by atoms with Crippen LogP contribution in [0.2, 0.25) is 0 Å². The standard InChI is InChI=1S/C12H22N4O3/c1-3-13-10-5-11(14-6-9(18)7-17)16-12(15-10)8-19-4-2/h5,9,17-18H,3-4,6-8H2,1-2H3,(H2,13,14,15,16). The minimum absolute atomic E-state index is 0.229. The van der Waals surface area contributed by atoms with Gasteiger partial charge in [0.25, 0.3) is 0 Å². The Hall–Kier alpha value is -1.44. The first-order valence-electron chi connectivity index (χ1n) is 6.41. The summed E-state index contributed by atoms with van der Waals surface area (Å²) in [4.78, 5) is 8.59. The predicted molar refractivity (Wildman–Crippen MR) is 73.1 cm³/mol. The molecule has 19 heavy (non-hydrogen) atoms. The molecule has 0 aliphatic rings. The normalized spacial score (nSPS) is 12.2. The molecule has 1 heterocycles. The van der Waals surface area contributed by atoms with E-state index in [4.69, 9.17) is 9.84 Å². The molecule has 1 aromatic heterocycles. The highest BCUT2D eigenvalue weighted by Crippen LogP contribution is 2.12. The lowest BCUT2D eigenvalue weighted by molar-refractivity contribution is 0.105. The first kappa shape index (κ1) is 15.6. The molecule has 0 aliphatic heterocycles. The summed E-state index contributed by atoms with van der Waals surface area (Å²) in [6.45, 7) is 5.52. The van der Waals surface area contributed by atoms with E-state index in [1.807, 2.05) is 13.8 Å². The first-order valence-corrected chi connectivity index (χ1v) is 6.41. The van der Waals surface area contributed by atoms with Gasteiger partial charge in [0.05, 0.1) is 12.7 Å². The van der Waals surface area contributed by atoms with Gasteiger partial charge in [0.1, 0.15) is 18.2 Å². The molecule has 108 valence electrons. The van der Waals surface area contributed by atoms with E-state index < -0.39 is 6.10 Å². The molecular formula is C12H22N4O3. The molecular weight excluding hydrogens is 248 g/mol. The molecule has 1 atom stereocenters. The van der Waals surface area contributed by atoms with Gasteiger partial charge in [0, 0.05) is 25.8 Å². The molecule has 0 aliphatic carbocycles. The first-order chi connectivity index (χ1) is 9.19. The lowest BCUT2D eigenvalue weighted by atomic mass is 10.3. The van der Waals surface area contributed by atoms with Crippen molar-refractivity contribution in [1.29, 1.82) is 0 Å². The Bertz CT molecular complexity index is 376. The zero-order chi connectivity index (χ0) is 14.1. The van der Waals surface area contributed by atoms with Crippen LogP contribution >= 0.6 is 0 Å². The largest absolute Gasteiger partial charge is 0.394 e. The van der Waals surface area contributed by atoms with Gasteiger partial charge in [-0.3, -0.25) is 0 Å². The van der Waals surface area contributed by atoms with Crippen LogP contribution in [-0.4, -0.2) is 52.6 Å². The maximum atomic E-state index is 9.31. The molecule has 7 nitrogen and oxygen atoms in total. The zero-order valence-corrected chi connectivity index (χ0v) is 11.4. The molecule has 1 rings (SSSR count). The molecule has 0 saturated heterocycles. The maximum absolute atomic E-state index is 9.31. The third-order valence-corrected chi connectivity index (χ3v) is 2.30. The summed E-state index contributed by atoms with van der Waals surface area (Å²) < 4.78 is 5.28. The highest BCUT2D eigenvalue weighted by Gasteiger charge is 2.06. The number of hydrogen-bond donors (Lipinski definition) is 4. The summed E-state index contributed by atoms with van der Waals surface area (Å²) >= 11 is 0. The fourth-order valence-corrected chi connectivity index (χ4v) is 1.40. The van der Waals surface area contributed by atoms with Gasteiger partial charge in [-0.05, 0) is 13.8 Å². The van der Waals surface area contributed by atoms with Crippen molar-refractivity contribution in [2.45, 2.75) is 26.6 Å². The quantitative estimate of drug-likeness (QED) is 0.509. The third kappa shape index (κ3) is 5.82. The van der Waals surface area contributed by atoms with E-state index in [2.05, 4.69) is 20.6 Å². The second kappa shape index (κ2) is 8.63. The summed E-state index contributed by atoms with van der Waals surface area (Å²) in [6.07, 6.45) is -0.812. The monoisotopic (exact) mass is 270 g/mol. The van der Waals surface area contributed by atoms with Crippen LogP contribution in [0.1, 0.15) is 19.7 Å². The van der Waals surface area contributed by atoms with Crippen LogP contribution in [0.4, 0.5) is 11.6 Å². The number of hydrogen-bond acceptors (Lipinski definition) is 7. The second-order valence-corrected chi connectivity index (χ2v) is 3.94. The van der Waals surface area contributed by atoms with E-state index in [-0.39, 0.29) is 13.2 Å². The van der Waals surface area contributed by atoms with E-state index in [0.29, 0.717) is 30.7 Å². The molecule has 0 fully saturated rings. The molecule has 0 spiro atoms. The SMILES string of the molecule is CCNc1cc(NCC(O)CO)nc(COCC)n1. The van der Waals surface area contributed by atoms with Gasteiger partial charge in [0.15, 0.2) is 5.82 Å². The van der Waals surface area contributed by atoms with Crippen molar-refractivity contribution in [1.82, 2.24) is 9.97 Å². The van der Waals surface area contributed by atoms with Gasteiger partial charge in [-0.2, -0.15) is 0 Å². The summed E-state index contributed by atoms with van der Waals surface area (Å²) in [6, 6.07) is 1.75. The topological polar surface area (TPSA) is 99.5 Å². The molecule has 0 amide bonds. The van der Waals surface area contributed by atoms with Crippen LogP contribution in [0.3, 0.4) is 0 Å². The molecule has 0 radical (unpaired) electrons. The zero-order valence-electron chi connectivity index (χ0n) is 11.4. The van der Waals surface area contributed by atoms with Gasteiger partial charge >= 0.3 is 0 Å². The fourth-order valence-electron chi connectivity index (χ4n) is 1.40. The average Bonchev–Trinajstić information content (AvgIpc) is 2.42. The van der Waals surface area contributed by atoms with Crippen LogP contribution in [0, 0.1) is 0 Å². The van der Waals surface area contributed by atoms with Gasteiger partial charge in [-0.15, -0.1) is 0 Å². The van der Waals surface area contributed by atoms with Crippen molar-refractivity contribution in [3.63, 3.8) is 0 Å². The van der Waals surface area contributed by atoms with Crippen LogP contribution in [0.15, 0.2) is 6.07 Å². The number of ether oxygens (including phenoxy) is 1. The number of rotatable bonds is 9. The van der Waals surface area contributed by atoms with Crippen molar-refractivity contribution in [3.8, 4) is 0 Å². The fraction of sp³-hybridized carbons (Fsp3) is 0.667. The smallest absolute Gasteiger partial charge is 0.158 e. The Morgan fingerprint density at radius 1 is 1.26 bits per heavy atom. The number of aromatic nitrogens is 2. The lowest BCUT2D eigenvalue weighted by Crippen LogP contribution is -2.23. The maximum Gasteiger partial charge on any atom is 0.158 e. The molecule has 0 bridgehead atoms. The minimum atomic E-state index is -0.812. The minimum Gasteiger partial charge on any atom is -0.394 e. The van der Waals surface area contributed by atoms with Crippen LogP contribution in [-0.2, 0) is 11.3 Å². The van der Waals surface area contributed by atoms with Crippen LogP contribution in [0.25, 0.3) is 0 Å².